The maximum atomic E-state index is 12.6. The zero-order chi connectivity index (χ0) is 25.0. The van der Waals surface area contributed by atoms with E-state index in [1.807, 2.05) is 18.2 Å². The lowest BCUT2D eigenvalue weighted by atomic mass is 9.87. The lowest BCUT2D eigenvalue weighted by molar-refractivity contribution is -0.147. The van der Waals surface area contributed by atoms with Gasteiger partial charge in [-0.05, 0) is 47.4 Å². The first-order valence-corrected chi connectivity index (χ1v) is 11.6. The third-order valence-corrected chi connectivity index (χ3v) is 6.00. The molecular weight excluding hydrogens is 442 g/mol. The summed E-state index contributed by atoms with van der Waals surface area (Å²) in [5, 5.41) is 0. The first kappa shape index (κ1) is 24.2. The monoisotopic (exact) mass is 471 g/mol. The van der Waals surface area contributed by atoms with Crippen molar-refractivity contribution in [3.63, 3.8) is 0 Å². The van der Waals surface area contributed by atoms with Gasteiger partial charge in [0, 0.05) is 24.2 Å². The summed E-state index contributed by atoms with van der Waals surface area (Å²) in [6.07, 6.45) is 0.0523. The topological polar surface area (TPSA) is 72.9 Å². The lowest BCUT2D eigenvalue weighted by Crippen LogP contribution is -2.27. The predicted octanol–water partition coefficient (Wildman–Crippen LogP) is 5.56. The fourth-order valence-electron chi connectivity index (χ4n) is 3.93. The maximum Gasteiger partial charge on any atom is 0.311 e. The molecule has 0 N–H and O–H groups in total. The number of hydrogen-bond donors (Lipinski definition) is 0. The largest absolute Gasteiger partial charge is 0.457 e. The Kier molecular flexibility index (Phi) is 7.01. The number of ether oxygens (including phenoxy) is 2. The standard InChI is InChI=1S/C29H29NO5/c1-29(2,3)22-9-13-24(14-10-22)35-25-15-11-23(12-16-25)30-18-21(17-27(30)32)28(33)34-19-26(31)20-7-5-4-6-8-20/h4-16,21H,17-19H2,1-3H3/t21-/m0/s1. The van der Waals surface area contributed by atoms with Crippen LogP contribution < -0.4 is 9.64 Å². The molecule has 1 aliphatic rings. The number of Topliss-reactive ketones (excluding diaryl/α,β-unsaturated/α-hetero) is 1. The molecule has 3 aromatic carbocycles. The van der Waals surface area contributed by atoms with Crippen LogP contribution in [0.1, 0.15) is 43.1 Å². The van der Waals surface area contributed by atoms with Gasteiger partial charge >= 0.3 is 5.97 Å². The molecule has 1 saturated heterocycles. The number of carbonyl (C=O) groups is 3. The Labute approximate surface area is 205 Å². The zero-order valence-electron chi connectivity index (χ0n) is 20.2. The van der Waals surface area contributed by atoms with Crippen LogP contribution in [0.25, 0.3) is 0 Å². The van der Waals surface area contributed by atoms with Crippen molar-refractivity contribution in [3.05, 3.63) is 90.0 Å². The first-order valence-electron chi connectivity index (χ1n) is 11.6. The van der Waals surface area contributed by atoms with Crippen molar-refractivity contribution in [2.24, 2.45) is 5.92 Å². The zero-order valence-corrected chi connectivity index (χ0v) is 20.2. The van der Waals surface area contributed by atoms with E-state index in [1.165, 1.54) is 5.56 Å². The number of hydrogen-bond acceptors (Lipinski definition) is 5. The molecule has 0 unspecified atom stereocenters. The van der Waals surface area contributed by atoms with Crippen molar-refractivity contribution in [2.75, 3.05) is 18.1 Å². The summed E-state index contributed by atoms with van der Waals surface area (Å²) < 4.78 is 11.1. The molecule has 0 spiro atoms. The highest BCUT2D eigenvalue weighted by molar-refractivity contribution is 6.01. The van der Waals surface area contributed by atoms with Gasteiger partial charge in [0.05, 0.1) is 5.92 Å². The van der Waals surface area contributed by atoms with E-state index in [0.717, 1.165) is 5.75 Å². The second-order valence-electron chi connectivity index (χ2n) is 9.67. The number of rotatable bonds is 7. The Bertz CT molecular complexity index is 1190. The Morgan fingerprint density at radius 2 is 1.49 bits per heavy atom. The molecule has 6 nitrogen and oxygen atoms in total. The minimum Gasteiger partial charge on any atom is -0.457 e. The molecule has 1 amide bonds. The van der Waals surface area contributed by atoms with Crippen LogP contribution in [0.5, 0.6) is 11.5 Å². The molecule has 1 heterocycles. The molecule has 0 saturated carbocycles. The lowest BCUT2D eigenvalue weighted by Gasteiger charge is -2.19. The average Bonchev–Trinajstić information content (AvgIpc) is 3.25. The summed E-state index contributed by atoms with van der Waals surface area (Å²) in [6, 6.07) is 23.8. The van der Waals surface area contributed by atoms with Crippen LogP contribution in [-0.2, 0) is 19.7 Å². The van der Waals surface area contributed by atoms with Crippen LogP contribution in [-0.4, -0.2) is 30.8 Å². The number of ketones is 1. The fraction of sp³-hybridized carbons (Fsp3) is 0.276. The smallest absolute Gasteiger partial charge is 0.311 e. The molecule has 1 aliphatic heterocycles. The Morgan fingerprint density at radius 3 is 2.09 bits per heavy atom. The van der Waals surface area contributed by atoms with Gasteiger partial charge in [0.25, 0.3) is 0 Å². The number of amides is 1. The highest BCUT2D eigenvalue weighted by Crippen LogP contribution is 2.30. The molecule has 4 rings (SSSR count). The van der Waals surface area contributed by atoms with E-state index in [9.17, 15) is 14.4 Å². The molecule has 35 heavy (non-hydrogen) atoms. The third-order valence-electron chi connectivity index (χ3n) is 6.00. The molecule has 6 heteroatoms. The number of nitrogens with zero attached hydrogens (tertiary/aromatic N) is 1. The Morgan fingerprint density at radius 1 is 0.886 bits per heavy atom. The molecule has 0 aliphatic carbocycles. The van der Waals surface area contributed by atoms with Gasteiger partial charge in [-0.2, -0.15) is 0 Å². The second-order valence-corrected chi connectivity index (χ2v) is 9.67. The molecular formula is C29H29NO5. The van der Waals surface area contributed by atoms with Crippen molar-refractivity contribution in [1.82, 2.24) is 0 Å². The van der Waals surface area contributed by atoms with E-state index in [0.29, 0.717) is 17.0 Å². The van der Waals surface area contributed by atoms with Gasteiger partial charge in [0.2, 0.25) is 5.91 Å². The number of benzene rings is 3. The summed E-state index contributed by atoms with van der Waals surface area (Å²) in [6.45, 7) is 6.36. The van der Waals surface area contributed by atoms with Gasteiger partial charge in [-0.15, -0.1) is 0 Å². The number of esters is 1. The molecule has 0 aromatic heterocycles. The van der Waals surface area contributed by atoms with Gasteiger partial charge in [-0.3, -0.25) is 14.4 Å². The van der Waals surface area contributed by atoms with Gasteiger partial charge in [0.1, 0.15) is 11.5 Å². The summed E-state index contributed by atoms with van der Waals surface area (Å²) in [7, 11) is 0. The van der Waals surface area contributed by atoms with Gasteiger partial charge in [0.15, 0.2) is 12.4 Å². The normalized spacial score (nSPS) is 15.7. The summed E-state index contributed by atoms with van der Waals surface area (Å²) >= 11 is 0. The molecule has 0 radical (unpaired) electrons. The van der Waals surface area contributed by atoms with Gasteiger partial charge < -0.3 is 14.4 Å². The van der Waals surface area contributed by atoms with Crippen molar-refractivity contribution < 1.29 is 23.9 Å². The van der Waals surface area contributed by atoms with E-state index in [-0.39, 0.29) is 36.7 Å². The molecule has 180 valence electrons. The SMILES string of the molecule is CC(C)(C)c1ccc(Oc2ccc(N3C[C@@H](C(=O)OCC(=O)c4ccccc4)CC3=O)cc2)cc1. The highest BCUT2D eigenvalue weighted by Gasteiger charge is 2.36. The highest BCUT2D eigenvalue weighted by atomic mass is 16.5. The maximum absolute atomic E-state index is 12.6. The minimum absolute atomic E-state index is 0.0523. The number of carbonyl (C=O) groups excluding carboxylic acids is 3. The first-order chi connectivity index (χ1) is 16.7. The van der Waals surface area contributed by atoms with Crippen LogP contribution in [0.3, 0.4) is 0 Å². The van der Waals surface area contributed by atoms with Crippen molar-refractivity contribution in [3.8, 4) is 11.5 Å². The summed E-state index contributed by atoms with van der Waals surface area (Å²) in [5.41, 5.74) is 2.47. The van der Waals surface area contributed by atoms with Gasteiger partial charge in [-0.25, -0.2) is 0 Å². The number of anilines is 1. The van der Waals surface area contributed by atoms with E-state index in [1.54, 1.807) is 53.4 Å². The van der Waals surface area contributed by atoms with Crippen molar-refractivity contribution in [2.45, 2.75) is 32.6 Å². The Hall–Kier alpha value is -3.93. The van der Waals surface area contributed by atoms with Crippen LogP contribution in [0.15, 0.2) is 78.9 Å². The van der Waals surface area contributed by atoms with E-state index in [4.69, 9.17) is 9.47 Å². The molecule has 1 fully saturated rings. The quantitative estimate of drug-likeness (QED) is 0.333. The van der Waals surface area contributed by atoms with Crippen LogP contribution in [0, 0.1) is 5.92 Å². The van der Waals surface area contributed by atoms with E-state index in [2.05, 4.69) is 32.9 Å². The minimum atomic E-state index is -0.608. The Balaban J connectivity index is 1.32. The predicted molar refractivity (Wildman–Crippen MR) is 134 cm³/mol. The average molecular weight is 472 g/mol. The second kappa shape index (κ2) is 10.1. The van der Waals surface area contributed by atoms with Crippen LogP contribution in [0.2, 0.25) is 0 Å². The summed E-state index contributed by atoms with van der Waals surface area (Å²) in [4.78, 5) is 38.8. The molecule has 0 bridgehead atoms. The van der Waals surface area contributed by atoms with E-state index >= 15 is 0 Å². The van der Waals surface area contributed by atoms with Gasteiger partial charge in [-0.1, -0.05) is 63.2 Å². The van der Waals surface area contributed by atoms with E-state index < -0.39 is 11.9 Å². The van der Waals surface area contributed by atoms with Crippen LogP contribution >= 0.6 is 0 Å². The molecule has 1 atom stereocenters. The van der Waals surface area contributed by atoms with Crippen molar-refractivity contribution >= 4 is 23.3 Å². The molecule has 3 aromatic rings. The third kappa shape index (κ3) is 5.96. The van der Waals surface area contributed by atoms with Crippen LogP contribution in [0.4, 0.5) is 5.69 Å². The van der Waals surface area contributed by atoms with Crippen molar-refractivity contribution in [1.29, 1.82) is 0 Å². The summed E-state index contributed by atoms with van der Waals surface area (Å²) in [5.74, 6) is -0.196. The fourth-order valence-corrected chi connectivity index (χ4v) is 3.93.